The summed E-state index contributed by atoms with van der Waals surface area (Å²) in [7, 11) is -1.12. The molecule has 20 heavy (non-hydrogen) atoms. The van der Waals surface area contributed by atoms with Crippen LogP contribution in [0.25, 0.3) is 0 Å². The summed E-state index contributed by atoms with van der Waals surface area (Å²) in [6.07, 6.45) is 2.15. The number of piperidine rings is 1. The Bertz CT molecular complexity index is 535. The maximum Gasteiger partial charge on any atom is 0.215 e. The third-order valence-electron chi connectivity index (χ3n) is 3.87. The second-order valence-corrected chi connectivity index (χ2v) is 7.65. The minimum atomic E-state index is -3.23. The van der Waals surface area contributed by atoms with Gasteiger partial charge >= 0.3 is 0 Å². The lowest BCUT2D eigenvalue weighted by atomic mass is 9.98. The van der Waals surface area contributed by atoms with Crippen LogP contribution in [0.5, 0.6) is 0 Å². The van der Waals surface area contributed by atoms with Gasteiger partial charge in [-0.15, -0.1) is 0 Å². The van der Waals surface area contributed by atoms with E-state index in [1.54, 1.807) is 0 Å². The first-order valence-corrected chi connectivity index (χ1v) is 8.81. The molecule has 4 nitrogen and oxygen atoms in total. The lowest BCUT2D eigenvalue weighted by molar-refractivity contribution is 0.220. The Kier molecular flexibility index (Phi) is 5.18. The first kappa shape index (κ1) is 15.5. The molecule has 1 saturated heterocycles. The topological polar surface area (TPSA) is 49.4 Å². The molecular formula is C15H24N2O2S. The molecule has 1 N–H and O–H groups in total. The normalized spacial score (nSPS) is 18.3. The molecule has 1 heterocycles. The number of benzene rings is 1. The van der Waals surface area contributed by atoms with Gasteiger partial charge in [0.15, 0.2) is 0 Å². The first-order valence-electron chi connectivity index (χ1n) is 7.16. The molecule has 112 valence electrons. The highest BCUT2D eigenvalue weighted by Gasteiger charge is 2.19. The van der Waals surface area contributed by atoms with E-state index in [-0.39, 0.29) is 5.75 Å². The molecule has 0 bridgehead atoms. The molecular weight excluding hydrogens is 272 g/mol. The van der Waals surface area contributed by atoms with Gasteiger partial charge in [-0.1, -0.05) is 29.8 Å². The van der Waals surface area contributed by atoms with Crippen LogP contribution in [0, 0.1) is 12.8 Å². The van der Waals surface area contributed by atoms with E-state index in [1.165, 1.54) is 0 Å². The average molecular weight is 296 g/mol. The number of hydrogen-bond donors (Lipinski definition) is 1. The van der Waals surface area contributed by atoms with Crippen molar-refractivity contribution < 1.29 is 8.42 Å². The molecule has 5 heteroatoms. The van der Waals surface area contributed by atoms with Crippen LogP contribution in [0.2, 0.25) is 0 Å². The van der Waals surface area contributed by atoms with Gasteiger partial charge in [0.2, 0.25) is 10.0 Å². The fourth-order valence-electron chi connectivity index (χ4n) is 2.58. The van der Waals surface area contributed by atoms with E-state index in [1.807, 2.05) is 31.2 Å². The second kappa shape index (κ2) is 6.70. The van der Waals surface area contributed by atoms with Gasteiger partial charge in [-0.2, -0.15) is 0 Å². The molecule has 0 aromatic heterocycles. The molecule has 0 radical (unpaired) electrons. The first-order chi connectivity index (χ1) is 9.44. The van der Waals surface area contributed by atoms with Crippen molar-refractivity contribution in [2.45, 2.75) is 25.5 Å². The lowest BCUT2D eigenvalue weighted by Crippen LogP contribution is -2.37. The molecule has 1 aromatic carbocycles. The van der Waals surface area contributed by atoms with Gasteiger partial charge in [0.1, 0.15) is 0 Å². The Labute approximate surface area is 122 Å². The standard InChI is InChI=1S/C15H24N2O2S/c1-13-4-3-5-15(10-13)12-20(18,19)16-11-14-6-8-17(2)9-7-14/h3-5,10,14,16H,6-9,11-12H2,1-2H3. The molecule has 0 atom stereocenters. The summed E-state index contributed by atoms with van der Waals surface area (Å²) in [4.78, 5) is 2.29. The Morgan fingerprint density at radius 2 is 2.00 bits per heavy atom. The molecule has 1 aliphatic rings. The SMILES string of the molecule is Cc1cccc(CS(=O)(=O)NCC2CCN(C)CC2)c1. The zero-order chi connectivity index (χ0) is 14.6. The highest BCUT2D eigenvalue weighted by atomic mass is 32.2. The molecule has 1 aromatic rings. The number of nitrogens with zero attached hydrogens (tertiary/aromatic N) is 1. The van der Waals surface area contributed by atoms with Crippen molar-refractivity contribution in [3.63, 3.8) is 0 Å². The highest BCUT2D eigenvalue weighted by molar-refractivity contribution is 7.88. The zero-order valence-corrected chi connectivity index (χ0v) is 13.1. The Hall–Kier alpha value is -0.910. The maximum atomic E-state index is 12.1. The fourth-order valence-corrected chi connectivity index (χ4v) is 3.79. The van der Waals surface area contributed by atoms with Gasteiger partial charge in [0.05, 0.1) is 5.75 Å². The van der Waals surface area contributed by atoms with E-state index in [0.717, 1.165) is 37.1 Å². The summed E-state index contributed by atoms with van der Waals surface area (Å²) < 4.78 is 27.0. The van der Waals surface area contributed by atoms with E-state index in [9.17, 15) is 8.42 Å². The Balaban J connectivity index is 1.85. The predicted octanol–water partition coefficient (Wildman–Crippen LogP) is 1.76. The largest absolute Gasteiger partial charge is 0.306 e. The molecule has 1 aliphatic heterocycles. The quantitative estimate of drug-likeness (QED) is 0.900. The Morgan fingerprint density at radius 1 is 1.30 bits per heavy atom. The van der Waals surface area contributed by atoms with Gasteiger partial charge in [0, 0.05) is 6.54 Å². The van der Waals surface area contributed by atoms with Crippen molar-refractivity contribution in [3.8, 4) is 0 Å². The van der Waals surface area contributed by atoms with Gasteiger partial charge < -0.3 is 4.90 Å². The van der Waals surface area contributed by atoms with Crippen LogP contribution in [0.15, 0.2) is 24.3 Å². The number of aryl methyl sites for hydroxylation is 1. The highest BCUT2D eigenvalue weighted by Crippen LogP contribution is 2.15. The summed E-state index contributed by atoms with van der Waals surface area (Å²) in [6, 6.07) is 7.66. The third-order valence-corrected chi connectivity index (χ3v) is 5.19. The molecule has 0 unspecified atom stereocenters. The lowest BCUT2D eigenvalue weighted by Gasteiger charge is -2.28. The number of likely N-dealkylation sites (tertiary alicyclic amines) is 1. The summed E-state index contributed by atoms with van der Waals surface area (Å²) in [5, 5.41) is 0. The van der Waals surface area contributed by atoms with E-state index >= 15 is 0 Å². The molecule has 1 fully saturated rings. The van der Waals surface area contributed by atoms with Crippen LogP contribution in [-0.2, 0) is 15.8 Å². The predicted molar refractivity (Wildman–Crippen MR) is 82.0 cm³/mol. The van der Waals surface area contributed by atoms with Gasteiger partial charge in [-0.25, -0.2) is 13.1 Å². The van der Waals surface area contributed by atoms with Crippen molar-refractivity contribution in [3.05, 3.63) is 35.4 Å². The summed E-state index contributed by atoms with van der Waals surface area (Å²) in [6.45, 7) is 4.67. The Morgan fingerprint density at radius 3 is 2.65 bits per heavy atom. The molecule has 2 rings (SSSR count). The molecule has 0 amide bonds. The van der Waals surface area contributed by atoms with Crippen LogP contribution in [0.3, 0.4) is 0 Å². The van der Waals surface area contributed by atoms with Crippen LogP contribution in [-0.4, -0.2) is 40.0 Å². The van der Waals surface area contributed by atoms with Crippen molar-refractivity contribution in [1.82, 2.24) is 9.62 Å². The molecule has 0 saturated carbocycles. The van der Waals surface area contributed by atoms with Crippen molar-refractivity contribution >= 4 is 10.0 Å². The maximum absolute atomic E-state index is 12.1. The number of sulfonamides is 1. The van der Waals surface area contributed by atoms with E-state index in [0.29, 0.717) is 12.5 Å². The van der Waals surface area contributed by atoms with E-state index in [4.69, 9.17) is 0 Å². The minimum absolute atomic E-state index is 0.0707. The summed E-state index contributed by atoms with van der Waals surface area (Å²) in [5.41, 5.74) is 1.94. The minimum Gasteiger partial charge on any atom is -0.306 e. The van der Waals surface area contributed by atoms with E-state index < -0.39 is 10.0 Å². The van der Waals surface area contributed by atoms with Crippen LogP contribution in [0.1, 0.15) is 24.0 Å². The van der Waals surface area contributed by atoms with Crippen molar-refractivity contribution in [2.24, 2.45) is 5.92 Å². The molecule has 0 aliphatic carbocycles. The third kappa shape index (κ3) is 4.89. The smallest absolute Gasteiger partial charge is 0.215 e. The second-order valence-electron chi connectivity index (χ2n) is 5.84. The van der Waals surface area contributed by atoms with Crippen molar-refractivity contribution in [2.75, 3.05) is 26.7 Å². The van der Waals surface area contributed by atoms with Crippen LogP contribution < -0.4 is 4.72 Å². The average Bonchev–Trinajstić information content (AvgIpc) is 2.37. The van der Waals surface area contributed by atoms with Crippen LogP contribution in [0.4, 0.5) is 0 Å². The number of rotatable bonds is 5. The summed E-state index contributed by atoms with van der Waals surface area (Å²) >= 11 is 0. The van der Waals surface area contributed by atoms with Gasteiger partial charge in [-0.3, -0.25) is 0 Å². The number of hydrogen-bond acceptors (Lipinski definition) is 3. The van der Waals surface area contributed by atoms with Crippen molar-refractivity contribution in [1.29, 1.82) is 0 Å². The van der Waals surface area contributed by atoms with E-state index in [2.05, 4.69) is 16.7 Å². The molecule has 0 spiro atoms. The number of nitrogens with one attached hydrogen (secondary N) is 1. The fraction of sp³-hybridized carbons (Fsp3) is 0.600. The van der Waals surface area contributed by atoms with Gasteiger partial charge in [-0.05, 0) is 51.4 Å². The van der Waals surface area contributed by atoms with Gasteiger partial charge in [0.25, 0.3) is 0 Å². The zero-order valence-electron chi connectivity index (χ0n) is 12.3. The van der Waals surface area contributed by atoms with Crippen LogP contribution >= 0.6 is 0 Å². The summed E-state index contributed by atoms with van der Waals surface area (Å²) in [5.74, 6) is 0.542. The monoisotopic (exact) mass is 296 g/mol.